The van der Waals surface area contributed by atoms with Gasteiger partial charge in [-0.05, 0) is 59.5 Å². The molecule has 8 aromatic rings. The SMILES string of the molecule is CN[C@@H]1[C@H](C)O[C@@H](OC2C(=O)OCc3cccc4c3c3c(n4O)C(=O)OCC4NC(=O)c5csc(n5)C(NC(=O)c5csc(n5)C(=C(C)OC)NC(=O)C(C(C)O)NC(=O)c5csc(n5)-c5cc(O)c(-c6nc(C(=O)NC(CN(C)CCO)C(N)=O)cs6)nc5-c5csc4n5)C2OC3)C[C@]1(C)O. The number of nitrogens with zero attached hydrogens (tertiary/aromatic N) is 8. The molecule has 1 saturated heterocycles. The number of methoxy groups -OCH3 is 1. The van der Waals surface area contributed by atoms with E-state index in [1.807, 2.05) is 0 Å². The van der Waals surface area contributed by atoms with Gasteiger partial charge in [-0.3, -0.25) is 28.8 Å². The number of allylic oxidation sites excluding steroid dienone is 1. The number of ether oxygens (including phenoxy) is 6. The van der Waals surface area contributed by atoms with E-state index in [4.69, 9.17) is 49.1 Å². The van der Waals surface area contributed by atoms with Crippen LogP contribution in [0.25, 0.3) is 49.3 Å². The third kappa shape index (κ3) is 14.7. The van der Waals surface area contributed by atoms with Crippen LogP contribution < -0.4 is 37.6 Å². The molecule has 102 heavy (non-hydrogen) atoms. The summed E-state index contributed by atoms with van der Waals surface area (Å²) in [4.78, 5) is 145. The normalized spacial score (nSPS) is 23.9. The lowest BCUT2D eigenvalue weighted by Gasteiger charge is -2.45. The molecule has 13 N–H and O–H groups in total. The maximum atomic E-state index is 15.2. The lowest BCUT2D eigenvalue weighted by molar-refractivity contribution is -0.272. The third-order valence-electron chi connectivity index (χ3n) is 17.2. The summed E-state index contributed by atoms with van der Waals surface area (Å²) in [7, 11) is 4.55. The van der Waals surface area contributed by atoms with E-state index >= 15 is 19.2 Å². The van der Waals surface area contributed by atoms with Gasteiger partial charge in [0.1, 0.15) is 126 Å². The summed E-state index contributed by atoms with van der Waals surface area (Å²) in [6, 6.07) is -0.666. The minimum atomic E-state index is -1.92. The van der Waals surface area contributed by atoms with Crippen LogP contribution in [0.15, 0.2) is 56.9 Å². The Labute approximate surface area is 598 Å². The van der Waals surface area contributed by atoms with Gasteiger partial charge in [0.25, 0.3) is 23.6 Å². The van der Waals surface area contributed by atoms with Crippen molar-refractivity contribution in [2.24, 2.45) is 5.73 Å². The molecule has 1 aromatic carbocycles. The van der Waals surface area contributed by atoms with Crippen molar-refractivity contribution >= 4 is 121 Å². The molecule has 1 fully saturated rings. The van der Waals surface area contributed by atoms with E-state index in [2.05, 4.69) is 46.9 Å². The van der Waals surface area contributed by atoms with Crippen molar-refractivity contribution in [3.8, 4) is 38.4 Å². The molecule has 6 amide bonds. The van der Waals surface area contributed by atoms with Crippen LogP contribution in [-0.4, -0.2) is 214 Å². The minimum Gasteiger partial charge on any atom is -0.506 e. The minimum absolute atomic E-state index is 0.00346. The number of thiazole rings is 5. The van der Waals surface area contributed by atoms with Gasteiger partial charge in [0.2, 0.25) is 11.8 Å². The molecule has 11 atom stereocenters. The summed E-state index contributed by atoms with van der Waals surface area (Å²) in [5.74, 6) is -8.14. The zero-order valence-corrected chi connectivity index (χ0v) is 59.1. The molecule has 0 radical (unpaired) electrons. The Kier molecular flexibility index (Phi) is 21.2. The molecular formula is C63H67N15O19S5. The number of carbonyl (C=O) groups is 8. The number of likely N-dealkylation sites (N-methyl/N-ethyl adjacent to an activating group) is 2. The number of benzene rings is 1. The molecule has 538 valence electrons. The van der Waals surface area contributed by atoms with Crippen LogP contribution in [0.2, 0.25) is 0 Å². The second kappa shape index (κ2) is 29.9. The molecule has 0 spiro atoms. The number of rotatable bonds is 13. The zero-order valence-electron chi connectivity index (χ0n) is 55.1. The molecule has 7 unspecified atom stereocenters. The molecule has 0 aliphatic carbocycles. The fourth-order valence-corrected chi connectivity index (χ4v) is 16.2. The van der Waals surface area contributed by atoms with Crippen molar-refractivity contribution in [3.63, 3.8) is 0 Å². The van der Waals surface area contributed by atoms with Crippen molar-refractivity contribution in [1.29, 1.82) is 0 Å². The first kappa shape index (κ1) is 72.4. The number of aromatic hydroxyl groups is 1. The highest BCUT2D eigenvalue weighted by Gasteiger charge is 2.49. The first-order valence-electron chi connectivity index (χ1n) is 31.3. The molecular weight excluding hydrogens is 1430 g/mol. The number of pyridine rings is 1. The van der Waals surface area contributed by atoms with Crippen LogP contribution in [0.5, 0.6) is 5.75 Å². The summed E-state index contributed by atoms with van der Waals surface area (Å²) in [6.07, 6.45) is -7.62. The average molecular weight is 1500 g/mol. The van der Waals surface area contributed by atoms with Crippen LogP contribution in [0.1, 0.15) is 125 Å². The number of primary amides is 1. The molecule has 12 bridgehead atoms. The van der Waals surface area contributed by atoms with Crippen molar-refractivity contribution in [3.05, 3.63) is 112 Å². The summed E-state index contributed by atoms with van der Waals surface area (Å²) in [5, 5.41) is 80.2. The molecule has 0 saturated carbocycles. The Hall–Kier alpha value is -9.36. The second-order valence-electron chi connectivity index (χ2n) is 24.3. The highest BCUT2D eigenvalue weighted by Crippen LogP contribution is 2.43. The summed E-state index contributed by atoms with van der Waals surface area (Å²) in [5.41, 5.74) is 2.70. The monoisotopic (exact) mass is 1500 g/mol. The summed E-state index contributed by atoms with van der Waals surface area (Å²) >= 11 is 4.45. The standard InChI is InChI=1S/C63H67N15O19S5/c1-24(80)41-55(87)75-42(25(2)92-7)58-70-36(23-100-58)54(86)76-45-47-48(97-39-14-63(4,90)49(65-5)26(3)96-39)62(89)94-16-27-9-8-10-37-40(27)29(17-93-47)46(78(37)91)61(88)95-18-31(67-52(84)34-22-102-60(45)72-34)57-68-32(19-99-57)43-28(56-69-35(20-98-56)53(85)74-41)13-38(81)44(73-43)59-71-33(21-101-59)51(83)66-30(50(64)82)15-77(6)11-12-79/h8-10,13,19-24,26,30-31,39,41,45,47-49,65,79-81,90-91H,11-12,14-18H2,1-7H3,(H2,64,82)(H,66,83)(H,67,84)(H,74,85)(H,75,87)(H,76,86)/t24?,26-,30?,31?,39-,41?,45?,47?,48?,49+,63-/m0/s1. The molecule has 4 aliphatic heterocycles. The first-order chi connectivity index (χ1) is 48.7. The van der Waals surface area contributed by atoms with Crippen molar-refractivity contribution in [2.75, 3.05) is 47.5 Å². The molecule has 7 aromatic heterocycles. The topological polar surface area (TPSA) is 477 Å². The van der Waals surface area contributed by atoms with Gasteiger partial charge >= 0.3 is 11.9 Å². The maximum Gasteiger partial charge on any atom is 0.358 e. The average Bonchev–Trinajstić information content (AvgIpc) is 1.58. The van der Waals surface area contributed by atoms with Crippen LogP contribution in [0, 0.1) is 0 Å². The number of aliphatic hydroxyl groups is 3. The van der Waals surface area contributed by atoms with E-state index in [9.17, 15) is 44.8 Å². The van der Waals surface area contributed by atoms with Gasteiger partial charge in [-0.1, -0.05) is 12.1 Å². The van der Waals surface area contributed by atoms with Gasteiger partial charge in [0.15, 0.2) is 18.1 Å². The summed E-state index contributed by atoms with van der Waals surface area (Å²) < 4.78 is 38.1. The number of aliphatic hydroxyl groups excluding tert-OH is 2. The highest BCUT2D eigenvalue weighted by atomic mass is 32.1. The number of amides is 6. The van der Waals surface area contributed by atoms with Crippen molar-refractivity contribution in [1.82, 2.24) is 71.4 Å². The van der Waals surface area contributed by atoms with Gasteiger partial charge in [-0.25, -0.2) is 39.5 Å². The fourth-order valence-electron chi connectivity index (χ4n) is 12.1. The smallest absolute Gasteiger partial charge is 0.358 e. The fraction of sp³-hybridized carbons (Fsp3) is 0.397. The van der Waals surface area contributed by atoms with Crippen LogP contribution >= 0.6 is 56.7 Å². The number of nitrogens with one attached hydrogen (secondary N) is 6. The molecule has 12 rings (SSSR count). The van der Waals surface area contributed by atoms with Gasteiger partial charge in [0.05, 0.1) is 49.7 Å². The van der Waals surface area contributed by atoms with E-state index in [1.165, 1.54) is 60.0 Å². The predicted molar refractivity (Wildman–Crippen MR) is 365 cm³/mol. The van der Waals surface area contributed by atoms with Crippen molar-refractivity contribution < 1.29 is 92.4 Å². The van der Waals surface area contributed by atoms with Gasteiger partial charge < -0.3 is 96.6 Å². The Morgan fingerprint density at radius 2 is 1.55 bits per heavy atom. The van der Waals surface area contributed by atoms with Crippen molar-refractivity contribution in [2.45, 2.75) is 114 Å². The number of hydrogen-bond donors (Lipinski definition) is 12. The number of esters is 2. The predicted octanol–water partition coefficient (Wildman–Crippen LogP) is 2.33. The van der Waals surface area contributed by atoms with Crippen LogP contribution in [-0.2, 0) is 56.0 Å². The summed E-state index contributed by atoms with van der Waals surface area (Å²) in [6.45, 7) is 4.03. The van der Waals surface area contributed by atoms with E-state index in [0.29, 0.717) is 10.3 Å². The van der Waals surface area contributed by atoms with E-state index in [-0.39, 0.29) is 124 Å². The van der Waals surface area contributed by atoms with Gasteiger partial charge in [-0.2, -0.15) is 4.73 Å². The Morgan fingerprint density at radius 1 is 0.873 bits per heavy atom. The molecule has 11 heterocycles. The first-order valence-corrected chi connectivity index (χ1v) is 35.7. The Balaban J connectivity index is 1.02. The number of carbonyl (C=O) groups excluding carboxylic acids is 8. The molecule has 34 nitrogen and oxygen atoms in total. The van der Waals surface area contributed by atoms with Gasteiger partial charge in [0, 0.05) is 62.9 Å². The number of fused-ring (bicyclic) bond motifs is 15. The number of cyclic esters (lactones) is 2. The Bertz CT molecular complexity index is 4640. The maximum absolute atomic E-state index is 15.2. The van der Waals surface area contributed by atoms with Crippen LogP contribution in [0.4, 0.5) is 0 Å². The van der Waals surface area contributed by atoms with Gasteiger partial charge in [-0.15, -0.1) is 56.7 Å². The van der Waals surface area contributed by atoms with E-state index in [1.54, 1.807) is 45.0 Å². The highest BCUT2D eigenvalue weighted by molar-refractivity contribution is 7.14. The van der Waals surface area contributed by atoms with E-state index < -0.39 is 145 Å². The second-order valence-corrected chi connectivity index (χ2v) is 28.7. The van der Waals surface area contributed by atoms with E-state index in [0.717, 1.165) is 56.7 Å². The molecule has 4 aliphatic rings. The lowest BCUT2D eigenvalue weighted by Crippen LogP contribution is -2.61. The quantitative estimate of drug-likeness (QED) is 0.0448. The Morgan fingerprint density at radius 3 is 2.26 bits per heavy atom. The molecule has 39 heteroatoms. The number of aromatic nitrogens is 7. The van der Waals surface area contributed by atoms with Crippen LogP contribution in [0.3, 0.4) is 0 Å². The zero-order chi connectivity index (χ0) is 72.7. The largest absolute Gasteiger partial charge is 0.506 e. The number of hydrogen-bond acceptors (Lipinski definition) is 32. The lowest BCUT2D eigenvalue weighted by atomic mass is 9.86. The third-order valence-corrected chi connectivity index (χ3v) is 21.7. The number of nitrogens with two attached hydrogens (primary N) is 1.